The van der Waals surface area contributed by atoms with Gasteiger partial charge in [-0.3, -0.25) is 0 Å². The SMILES string of the molecule is CCCCC1CC(c2ccccc2)c2cc(SC)c(O/C=C(\F)C(=O)OCC)cc2S(=O)(=O)N1Cc1ccc(OC)cc1. The maximum atomic E-state index is 14.7. The standard InChI is InChI=1S/C33H38FNO6S2/c1-5-7-13-25-18-27(24-11-9-8-10-12-24)28-19-31(42-4)30(41-22-29(34)33(36)40-6-2)20-32(28)43(37,38)35(25)21-23-14-16-26(39-3)17-15-23/h8-12,14-17,19-20,22,25,27H,5-7,13,18,21H2,1-4H3/b29-22-. The number of carbonyl (C=O) groups excluding carboxylic acids is 1. The predicted octanol–water partition coefficient (Wildman–Crippen LogP) is 7.46. The lowest BCUT2D eigenvalue weighted by molar-refractivity contribution is -0.140. The number of halogens is 1. The van der Waals surface area contributed by atoms with Crippen LogP contribution >= 0.6 is 11.8 Å². The number of carbonyl (C=O) groups is 1. The Hall–Kier alpha value is -3.34. The molecule has 2 atom stereocenters. The number of esters is 1. The molecular weight excluding hydrogens is 589 g/mol. The minimum Gasteiger partial charge on any atom is -0.497 e. The average Bonchev–Trinajstić information content (AvgIpc) is 3.11. The zero-order valence-corrected chi connectivity index (χ0v) is 26.5. The molecule has 3 aromatic rings. The van der Waals surface area contributed by atoms with E-state index in [1.807, 2.05) is 66.9 Å². The van der Waals surface area contributed by atoms with E-state index in [2.05, 4.69) is 6.92 Å². The Kier molecular flexibility index (Phi) is 11.3. The summed E-state index contributed by atoms with van der Waals surface area (Å²) in [5, 5.41) is 0. The predicted molar refractivity (Wildman–Crippen MR) is 167 cm³/mol. The first kappa shape index (κ1) is 32.6. The molecule has 0 amide bonds. The third-order valence-corrected chi connectivity index (χ3v) is 10.2. The van der Waals surface area contributed by atoms with E-state index in [0.29, 0.717) is 35.3 Å². The molecule has 1 aliphatic rings. The molecule has 0 saturated carbocycles. The van der Waals surface area contributed by atoms with Crippen molar-refractivity contribution >= 4 is 27.8 Å². The van der Waals surface area contributed by atoms with E-state index in [1.165, 1.54) is 17.8 Å². The lowest BCUT2D eigenvalue weighted by Gasteiger charge is -2.30. The number of rotatable bonds is 12. The van der Waals surface area contributed by atoms with Gasteiger partial charge in [-0.05, 0) is 60.9 Å². The minimum absolute atomic E-state index is 0.0113. The summed E-state index contributed by atoms with van der Waals surface area (Å²) in [5.74, 6) is -1.74. The summed E-state index contributed by atoms with van der Waals surface area (Å²) >= 11 is 1.35. The Morgan fingerprint density at radius 3 is 2.44 bits per heavy atom. The Balaban J connectivity index is 1.89. The van der Waals surface area contributed by atoms with E-state index in [0.717, 1.165) is 24.0 Å². The number of methoxy groups -OCH3 is 1. The third kappa shape index (κ3) is 7.60. The largest absolute Gasteiger partial charge is 0.497 e. The first-order valence-electron chi connectivity index (χ1n) is 14.3. The van der Waals surface area contributed by atoms with Gasteiger partial charge >= 0.3 is 5.97 Å². The molecule has 0 bridgehead atoms. The molecule has 2 unspecified atom stereocenters. The fraction of sp³-hybridized carbons (Fsp3) is 0.364. The van der Waals surface area contributed by atoms with Gasteiger partial charge in [0, 0.05) is 24.6 Å². The molecule has 0 fully saturated rings. The normalized spacial score (nSPS) is 18.4. The second-order valence-corrected chi connectivity index (χ2v) is 12.9. The van der Waals surface area contributed by atoms with Gasteiger partial charge in [0.25, 0.3) is 0 Å². The van der Waals surface area contributed by atoms with Gasteiger partial charge < -0.3 is 14.2 Å². The van der Waals surface area contributed by atoms with Crippen LogP contribution in [0.3, 0.4) is 0 Å². The molecule has 1 heterocycles. The van der Waals surface area contributed by atoms with Crippen LogP contribution in [0.1, 0.15) is 62.1 Å². The zero-order valence-electron chi connectivity index (χ0n) is 24.9. The van der Waals surface area contributed by atoms with Crippen molar-refractivity contribution in [1.29, 1.82) is 0 Å². The number of nitrogens with zero attached hydrogens (tertiary/aromatic N) is 1. The van der Waals surface area contributed by atoms with Crippen LogP contribution in [-0.4, -0.2) is 44.7 Å². The highest BCUT2D eigenvalue weighted by Gasteiger charge is 2.40. The lowest BCUT2D eigenvalue weighted by atomic mass is 9.84. The summed E-state index contributed by atoms with van der Waals surface area (Å²) in [4.78, 5) is 12.5. The summed E-state index contributed by atoms with van der Waals surface area (Å²) in [7, 11) is -2.47. The summed E-state index contributed by atoms with van der Waals surface area (Å²) in [6.45, 7) is 3.86. The maximum Gasteiger partial charge on any atom is 0.370 e. The second kappa shape index (κ2) is 14.9. The monoisotopic (exact) mass is 627 g/mol. The van der Waals surface area contributed by atoms with Crippen LogP contribution in [0.2, 0.25) is 0 Å². The van der Waals surface area contributed by atoms with E-state index in [-0.39, 0.29) is 35.8 Å². The van der Waals surface area contributed by atoms with Gasteiger partial charge in [0.2, 0.25) is 15.9 Å². The molecular formula is C33H38FNO6S2. The van der Waals surface area contributed by atoms with Crippen molar-refractivity contribution in [2.24, 2.45) is 0 Å². The Labute approximate surface area is 258 Å². The van der Waals surface area contributed by atoms with Gasteiger partial charge in [-0.1, -0.05) is 62.2 Å². The molecule has 230 valence electrons. The highest BCUT2D eigenvalue weighted by atomic mass is 32.2. The van der Waals surface area contributed by atoms with Crippen molar-refractivity contribution in [2.45, 2.75) is 67.8 Å². The molecule has 0 spiro atoms. The summed E-state index contributed by atoms with van der Waals surface area (Å²) < 4.78 is 60.9. The van der Waals surface area contributed by atoms with Crippen LogP contribution in [0, 0.1) is 0 Å². The summed E-state index contributed by atoms with van der Waals surface area (Å²) in [5.41, 5.74) is 2.51. The Morgan fingerprint density at radius 1 is 1.09 bits per heavy atom. The Bertz CT molecular complexity index is 1530. The fourth-order valence-corrected chi connectivity index (χ4v) is 7.80. The number of unbranched alkanes of at least 4 members (excludes halogenated alkanes) is 1. The van der Waals surface area contributed by atoms with Gasteiger partial charge in [-0.25, -0.2) is 13.2 Å². The number of ether oxygens (including phenoxy) is 3. The van der Waals surface area contributed by atoms with E-state index < -0.39 is 21.8 Å². The highest BCUT2D eigenvalue weighted by molar-refractivity contribution is 7.98. The molecule has 0 N–H and O–H groups in total. The van der Waals surface area contributed by atoms with Crippen molar-refractivity contribution in [3.05, 3.63) is 95.5 Å². The molecule has 1 aliphatic heterocycles. The van der Waals surface area contributed by atoms with Crippen LogP contribution in [0.15, 0.2) is 88.6 Å². The molecule has 0 radical (unpaired) electrons. The first-order chi connectivity index (χ1) is 20.7. The molecule has 4 rings (SSSR count). The van der Waals surface area contributed by atoms with Crippen LogP contribution in [-0.2, 0) is 26.1 Å². The number of thioether (sulfide) groups is 1. The average molecular weight is 628 g/mol. The Morgan fingerprint density at radius 2 is 1.81 bits per heavy atom. The van der Waals surface area contributed by atoms with Gasteiger partial charge in [0.05, 0.1) is 23.5 Å². The van der Waals surface area contributed by atoms with E-state index in [9.17, 15) is 17.6 Å². The van der Waals surface area contributed by atoms with Crippen molar-refractivity contribution in [1.82, 2.24) is 4.31 Å². The van der Waals surface area contributed by atoms with Crippen LogP contribution in [0.25, 0.3) is 0 Å². The van der Waals surface area contributed by atoms with Crippen LogP contribution in [0.4, 0.5) is 4.39 Å². The maximum absolute atomic E-state index is 14.7. The van der Waals surface area contributed by atoms with Crippen molar-refractivity contribution in [2.75, 3.05) is 20.0 Å². The smallest absolute Gasteiger partial charge is 0.370 e. The van der Waals surface area contributed by atoms with Gasteiger partial charge in [0.15, 0.2) is 0 Å². The van der Waals surface area contributed by atoms with Crippen LogP contribution in [0.5, 0.6) is 11.5 Å². The molecule has 10 heteroatoms. The number of hydrogen-bond acceptors (Lipinski definition) is 7. The van der Waals surface area contributed by atoms with Crippen molar-refractivity contribution in [3.63, 3.8) is 0 Å². The van der Waals surface area contributed by atoms with Crippen LogP contribution < -0.4 is 9.47 Å². The number of fused-ring (bicyclic) bond motifs is 1. The molecule has 0 aliphatic carbocycles. The van der Waals surface area contributed by atoms with E-state index >= 15 is 0 Å². The topological polar surface area (TPSA) is 82.1 Å². The molecule has 0 saturated heterocycles. The lowest BCUT2D eigenvalue weighted by Crippen LogP contribution is -2.39. The van der Waals surface area contributed by atoms with Gasteiger partial charge in [-0.2, -0.15) is 8.70 Å². The minimum atomic E-state index is -4.06. The van der Waals surface area contributed by atoms with Crippen molar-refractivity contribution in [3.8, 4) is 11.5 Å². The zero-order chi connectivity index (χ0) is 31.0. The number of sulfonamides is 1. The van der Waals surface area contributed by atoms with Gasteiger partial charge in [-0.15, -0.1) is 11.8 Å². The molecule has 3 aromatic carbocycles. The van der Waals surface area contributed by atoms with E-state index in [4.69, 9.17) is 14.2 Å². The second-order valence-electron chi connectivity index (χ2n) is 10.2. The van der Waals surface area contributed by atoms with Crippen molar-refractivity contribution < 1.29 is 31.8 Å². The molecule has 0 aromatic heterocycles. The molecule has 7 nitrogen and oxygen atoms in total. The first-order valence-corrected chi connectivity index (χ1v) is 17.0. The van der Waals surface area contributed by atoms with E-state index in [1.54, 1.807) is 18.3 Å². The molecule has 43 heavy (non-hydrogen) atoms. The summed E-state index contributed by atoms with van der Waals surface area (Å²) in [6.07, 6.45) is 5.61. The quantitative estimate of drug-likeness (QED) is 0.0893. The number of benzene rings is 3. The highest BCUT2D eigenvalue weighted by Crippen LogP contribution is 2.45. The third-order valence-electron chi connectivity index (χ3n) is 7.52. The summed E-state index contributed by atoms with van der Waals surface area (Å²) in [6, 6.07) is 20.3. The number of hydrogen-bond donors (Lipinski definition) is 0. The van der Waals surface area contributed by atoms with Gasteiger partial charge in [0.1, 0.15) is 17.8 Å². The fourth-order valence-electron chi connectivity index (χ4n) is 5.33.